The minimum Gasteiger partial charge on any atom is -0.469 e. The van der Waals surface area contributed by atoms with Gasteiger partial charge in [0.15, 0.2) is 0 Å². The first-order valence-corrected chi connectivity index (χ1v) is 8.27. The Hall–Kier alpha value is -2.39. The minimum atomic E-state index is -0.198. The van der Waals surface area contributed by atoms with Crippen LogP contribution in [0.2, 0.25) is 0 Å². The summed E-state index contributed by atoms with van der Waals surface area (Å²) in [5, 5.41) is 3.43. The molecule has 0 radical (unpaired) electrons. The van der Waals surface area contributed by atoms with E-state index in [2.05, 4.69) is 36.5 Å². The fourth-order valence-electron chi connectivity index (χ4n) is 2.84. The van der Waals surface area contributed by atoms with Crippen LogP contribution in [0.25, 0.3) is 0 Å². The normalized spacial score (nSPS) is 12.2. The van der Waals surface area contributed by atoms with Gasteiger partial charge in [0.05, 0.1) is 6.26 Å². The summed E-state index contributed by atoms with van der Waals surface area (Å²) in [6.07, 6.45) is 2.67. The molecule has 3 heteroatoms. The van der Waals surface area contributed by atoms with E-state index in [1.807, 2.05) is 24.3 Å². The van der Waals surface area contributed by atoms with Crippen molar-refractivity contribution in [3.63, 3.8) is 0 Å². The second-order valence-electron chi connectivity index (χ2n) is 6.07. The van der Waals surface area contributed by atoms with Gasteiger partial charge in [0.1, 0.15) is 11.6 Å². The van der Waals surface area contributed by atoms with E-state index >= 15 is 0 Å². The number of hydrogen-bond donors (Lipinski definition) is 1. The lowest BCUT2D eigenvalue weighted by atomic mass is 9.92. The summed E-state index contributed by atoms with van der Waals surface area (Å²) >= 11 is 0. The van der Waals surface area contributed by atoms with E-state index in [0.29, 0.717) is 0 Å². The van der Waals surface area contributed by atoms with Crippen LogP contribution in [-0.2, 0) is 6.54 Å². The van der Waals surface area contributed by atoms with Crippen molar-refractivity contribution in [2.45, 2.75) is 25.8 Å². The van der Waals surface area contributed by atoms with Crippen LogP contribution in [0.3, 0.4) is 0 Å². The lowest BCUT2D eigenvalue weighted by Crippen LogP contribution is -2.17. The zero-order chi connectivity index (χ0) is 16.8. The number of nitrogens with one attached hydrogen (secondary N) is 1. The van der Waals surface area contributed by atoms with Gasteiger partial charge in [0, 0.05) is 12.5 Å². The second-order valence-corrected chi connectivity index (χ2v) is 6.07. The number of furan rings is 1. The van der Waals surface area contributed by atoms with Crippen LogP contribution in [0.1, 0.15) is 34.8 Å². The van der Waals surface area contributed by atoms with E-state index < -0.39 is 0 Å². The molecule has 0 aliphatic rings. The molecular weight excluding hydrogens is 301 g/mol. The highest BCUT2D eigenvalue weighted by atomic mass is 19.1. The molecule has 3 aromatic rings. The van der Waals surface area contributed by atoms with Crippen LogP contribution in [0.4, 0.5) is 4.39 Å². The van der Waals surface area contributed by atoms with E-state index in [9.17, 15) is 4.39 Å². The number of halogens is 1. The number of hydrogen-bond acceptors (Lipinski definition) is 2. The summed E-state index contributed by atoms with van der Waals surface area (Å²) in [5.41, 5.74) is 3.60. The van der Waals surface area contributed by atoms with Crippen molar-refractivity contribution < 1.29 is 8.81 Å². The van der Waals surface area contributed by atoms with Crippen LogP contribution in [0, 0.1) is 12.7 Å². The molecule has 0 aliphatic heterocycles. The Morgan fingerprint density at radius 1 is 1.00 bits per heavy atom. The predicted octanol–water partition coefficient (Wildman–Crippen LogP) is 5.04. The van der Waals surface area contributed by atoms with Crippen LogP contribution in [-0.4, -0.2) is 6.54 Å². The van der Waals surface area contributed by atoms with Gasteiger partial charge in [-0.3, -0.25) is 0 Å². The topological polar surface area (TPSA) is 25.2 Å². The summed E-state index contributed by atoms with van der Waals surface area (Å²) in [7, 11) is 0. The molecule has 1 N–H and O–H groups in total. The molecule has 0 spiro atoms. The third-order valence-electron chi connectivity index (χ3n) is 4.22. The van der Waals surface area contributed by atoms with E-state index in [1.54, 1.807) is 6.26 Å². The van der Waals surface area contributed by atoms with Gasteiger partial charge in [0.2, 0.25) is 0 Å². The van der Waals surface area contributed by atoms with Crippen LogP contribution in [0.15, 0.2) is 71.3 Å². The molecule has 2 nitrogen and oxygen atoms in total. The fraction of sp³-hybridized carbons (Fsp3) is 0.238. The average molecular weight is 323 g/mol. The molecule has 0 aliphatic carbocycles. The van der Waals surface area contributed by atoms with Crippen molar-refractivity contribution >= 4 is 0 Å². The van der Waals surface area contributed by atoms with Crippen molar-refractivity contribution in [1.29, 1.82) is 0 Å². The molecule has 0 unspecified atom stereocenters. The molecule has 0 saturated carbocycles. The Kier molecular flexibility index (Phi) is 5.44. The molecule has 0 saturated heterocycles. The molecule has 2 aromatic carbocycles. The minimum absolute atomic E-state index is 0.198. The monoisotopic (exact) mass is 323 g/mol. The van der Waals surface area contributed by atoms with Gasteiger partial charge in [-0.1, -0.05) is 42.0 Å². The third kappa shape index (κ3) is 4.33. The summed E-state index contributed by atoms with van der Waals surface area (Å²) in [6, 6.07) is 19.2. The zero-order valence-corrected chi connectivity index (χ0v) is 13.8. The van der Waals surface area contributed by atoms with Crippen molar-refractivity contribution in [1.82, 2.24) is 5.32 Å². The first-order valence-electron chi connectivity index (χ1n) is 8.27. The molecule has 1 heterocycles. The third-order valence-corrected chi connectivity index (χ3v) is 4.22. The first-order chi connectivity index (χ1) is 11.7. The Bertz CT molecular complexity index is 733. The molecule has 0 bridgehead atoms. The Balaban J connectivity index is 1.60. The van der Waals surface area contributed by atoms with Gasteiger partial charge in [-0.05, 0) is 55.3 Å². The molecule has 3 rings (SSSR count). The molecule has 0 fully saturated rings. The van der Waals surface area contributed by atoms with E-state index in [4.69, 9.17) is 4.42 Å². The molecule has 1 aromatic heterocycles. The van der Waals surface area contributed by atoms with Gasteiger partial charge < -0.3 is 9.73 Å². The van der Waals surface area contributed by atoms with E-state index in [1.165, 1.54) is 23.3 Å². The highest BCUT2D eigenvalue weighted by Gasteiger charge is 2.16. The van der Waals surface area contributed by atoms with Gasteiger partial charge >= 0.3 is 0 Å². The smallest absolute Gasteiger partial charge is 0.123 e. The van der Waals surface area contributed by atoms with E-state index in [0.717, 1.165) is 30.8 Å². The molecule has 24 heavy (non-hydrogen) atoms. The molecule has 0 amide bonds. The average Bonchev–Trinajstić information content (AvgIpc) is 3.12. The maximum Gasteiger partial charge on any atom is 0.123 e. The van der Waals surface area contributed by atoms with Crippen molar-refractivity contribution in [2.75, 3.05) is 6.54 Å². The molecule has 124 valence electrons. The Labute approximate surface area is 142 Å². The fourth-order valence-corrected chi connectivity index (χ4v) is 2.84. The molecule has 1 atom stereocenters. The Morgan fingerprint density at radius 3 is 2.42 bits per heavy atom. The van der Waals surface area contributed by atoms with Gasteiger partial charge in [0.25, 0.3) is 0 Å². The SMILES string of the molecule is Cc1ccc([C@H](CCNCc2ccc(F)cc2)c2ccco2)cc1. The number of rotatable bonds is 7. The number of benzene rings is 2. The summed E-state index contributed by atoms with van der Waals surface area (Å²) < 4.78 is 18.6. The second kappa shape index (κ2) is 7.93. The Morgan fingerprint density at radius 2 is 1.75 bits per heavy atom. The maximum absolute atomic E-state index is 12.9. The lowest BCUT2D eigenvalue weighted by molar-refractivity contribution is 0.466. The highest BCUT2D eigenvalue weighted by Crippen LogP contribution is 2.28. The van der Waals surface area contributed by atoms with Crippen molar-refractivity contribution in [2.24, 2.45) is 0 Å². The van der Waals surface area contributed by atoms with Gasteiger partial charge in [-0.25, -0.2) is 4.39 Å². The van der Waals surface area contributed by atoms with Crippen LogP contribution in [0.5, 0.6) is 0 Å². The number of aryl methyl sites for hydroxylation is 1. The first kappa shape index (κ1) is 16.5. The van der Waals surface area contributed by atoms with Crippen molar-refractivity contribution in [3.05, 3.63) is 95.2 Å². The quantitative estimate of drug-likeness (QED) is 0.616. The predicted molar refractivity (Wildman–Crippen MR) is 94.5 cm³/mol. The summed E-state index contributed by atoms with van der Waals surface area (Å²) in [6.45, 7) is 3.69. The van der Waals surface area contributed by atoms with Crippen molar-refractivity contribution in [3.8, 4) is 0 Å². The zero-order valence-electron chi connectivity index (χ0n) is 13.8. The molecular formula is C21H22FNO. The van der Waals surface area contributed by atoms with Crippen LogP contribution >= 0.6 is 0 Å². The van der Waals surface area contributed by atoms with E-state index in [-0.39, 0.29) is 11.7 Å². The summed E-state index contributed by atoms with van der Waals surface area (Å²) in [4.78, 5) is 0. The van der Waals surface area contributed by atoms with Crippen LogP contribution < -0.4 is 5.32 Å². The lowest BCUT2D eigenvalue weighted by Gasteiger charge is -2.16. The standard InChI is InChI=1S/C21H22FNO/c1-16-4-8-18(9-5-16)20(21-3-2-14-24-21)12-13-23-15-17-6-10-19(22)11-7-17/h2-11,14,20,23H,12-13,15H2,1H3/t20-/m0/s1. The maximum atomic E-state index is 12.9. The summed E-state index contributed by atoms with van der Waals surface area (Å²) in [5.74, 6) is 1.03. The van der Waals surface area contributed by atoms with Gasteiger partial charge in [-0.2, -0.15) is 0 Å². The van der Waals surface area contributed by atoms with Gasteiger partial charge in [-0.15, -0.1) is 0 Å². The largest absolute Gasteiger partial charge is 0.469 e. The highest BCUT2D eigenvalue weighted by molar-refractivity contribution is 5.30.